The average Bonchev–Trinajstić information content (AvgIpc) is 3.42. The number of rotatable bonds is 8. The zero-order valence-corrected chi connectivity index (χ0v) is 20.5. The number of nitrogens with one attached hydrogen (secondary N) is 2. The molecule has 3 aromatic heterocycles. The van der Waals surface area contributed by atoms with E-state index >= 15 is 4.39 Å². The van der Waals surface area contributed by atoms with Gasteiger partial charge in [0.15, 0.2) is 5.82 Å². The second kappa shape index (κ2) is 9.11. The van der Waals surface area contributed by atoms with Crippen molar-refractivity contribution in [3.63, 3.8) is 0 Å². The van der Waals surface area contributed by atoms with Gasteiger partial charge in [0, 0.05) is 33.8 Å². The van der Waals surface area contributed by atoms with Gasteiger partial charge in [-0.2, -0.15) is 0 Å². The molecule has 184 valence electrons. The lowest BCUT2D eigenvalue weighted by Crippen LogP contribution is -2.18. The summed E-state index contributed by atoms with van der Waals surface area (Å²) in [7, 11) is -7.79. The van der Waals surface area contributed by atoms with Gasteiger partial charge >= 0.3 is 0 Å². The Hall–Kier alpha value is -3.20. The number of carbonyl (C=O) groups excluding carboxylic acids is 1. The molecule has 4 rings (SSSR count). The maximum atomic E-state index is 15.1. The highest BCUT2D eigenvalue weighted by Crippen LogP contribution is 2.33. The number of aromatic amines is 1. The van der Waals surface area contributed by atoms with Crippen molar-refractivity contribution in [3.05, 3.63) is 65.5 Å². The largest absolute Gasteiger partial charge is 0.345 e. The molecule has 4 N–H and O–H groups in total. The number of hydrogen-bond donors (Lipinski definition) is 3. The predicted octanol–water partition coefficient (Wildman–Crippen LogP) is 3.60. The normalized spacial score (nSPS) is 12.2. The standard InChI is InChI=1S/C21H18F2N4O5S3/c1-2-7-34(29,30)27-15-4-3-14(22)18(19(15)23)20(28)13-10-26-21-12(13)8-11(9-25-21)16-5-6-17(33-16)35(24,31)32/h3-6,8-10,27H,2,7H2,1H3,(H,25,26)(H2,24,31,32). The number of H-pyrrole nitrogens is 1. The van der Waals surface area contributed by atoms with Crippen LogP contribution in [0.4, 0.5) is 14.5 Å². The maximum absolute atomic E-state index is 15.1. The highest BCUT2D eigenvalue weighted by molar-refractivity contribution is 7.92. The number of fused-ring (bicyclic) bond motifs is 1. The SMILES string of the molecule is CCCS(=O)(=O)Nc1ccc(F)c(C(=O)c2c[nH]c3ncc(-c4ccc(S(N)(=O)=O)s4)cc23)c1F. The Balaban J connectivity index is 1.78. The summed E-state index contributed by atoms with van der Waals surface area (Å²) in [6.45, 7) is 1.63. The first-order chi connectivity index (χ1) is 16.4. The summed E-state index contributed by atoms with van der Waals surface area (Å²) >= 11 is 0.897. The van der Waals surface area contributed by atoms with Crippen LogP contribution in [0.3, 0.4) is 0 Å². The monoisotopic (exact) mass is 540 g/mol. The third-order valence-electron chi connectivity index (χ3n) is 4.98. The highest BCUT2D eigenvalue weighted by atomic mass is 32.2. The average molecular weight is 541 g/mol. The number of anilines is 1. The Bertz CT molecular complexity index is 1680. The molecule has 14 heteroatoms. The molecule has 0 aliphatic heterocycles. The molecule has 9 nitrogen and oxygen atoms in total. The molecule has 0 aliphatic carbocycles. The minimum absolute atomic E-state index is 0.0653. The molecular formula is C21H18F2N4O5S3. The van der Waals surface area contributed by atoms with Crippen LogP contribution in [0.15, 0.2) is 46.9 Å². The summed E-state index contributed by atoms with van der Waals surface area (Å²) in [4.78, 5) is 20.6. The number of sulfonamides is 2. The number of thiophene rings is 1. The number of pyridine rings is 1. The number of hydrogen-bond acceptors (Lipinski definition) is 7. The fourth-order valence-corrected chi connectivity index (χ4v) is 6.26. The molecule has 0 bridgehead atoms. The smallest absolute Gasteiger partial charge is 0.247 e. The summed E-state index contributed by atoms with van der Waals surface area (Å²) < 4.78 is 78.9. The molecular weight excluding hydrogens is 522 g/mol. The van der Waals surface area contributed by atoms with E-state index in [1.165, 1.54) is 30.6 Å². The van der Waals surface area contributed by atoms with E-state index in [0.29, 0.717) is 10.4 Å². The number of aromatic nitrogens is 2. The number of nitrogens with two attached hydrogens (primary N) is 1. The molecule has 0 fully saturated rings. The third kappa shape index (κ3) is 4.96. The van der Waals surface area contributed by atoms with Gasteiger partial charge in [0.25, 0.3) is 0 Å². The molecule has 0 saturated carbocycles. The van der Waals surface area contributed by atoms with Crippen molar-refractivity contribution in [3.8, 4) is 10.4 Å². The molecule has 0 spiro atoms. The minimum atomic E-state index is -3.90. The van der Waals surface area contributed by atoms with Crippen LogP contribution in [-0.4, -0.2) is 38.3 Å². The maximum Gasteiger partial charge on any atom is 0.247 e. The first-order valence-corrected chi connectivity index (χ1v) is 14.1. The van der Waals surface area contributed by atoms with Crippen LogP contribution in [0, 0.1) is 11.6 Å². The van der Waals surface area contributed by atoms with Gasteiger partial charge in [-0.15, -0.1) is 11.3 Å². The van der Waals surface area contributed by atoms with Crippen LogP contribution in [0.25, 0.3) is 21.5 Å². The van der Waals surface area contributed by atoms with Crippen molar-refractivity contribution in [2.75, 3.05) is 10.5 Å². The molecule has 0 unspecified atom stereocenters. The Morgan fingerprint density at radius 1 is 1.17 bits per heavy atom. The quantitative estimate of drug-likeness (QED) is 0.290. The van der Waals surface area contributed by atoms with E-state index in [2.05, 4.69) is 9.97 Å². The van der Waals surface area contributed by atoms with E-state index in [1.807, 2.05) is 4.72 Å². The number of halogens is 2. The van der Waals surface area contributed by atoms with Crippen LogP contribution < -0.4 is 9.86 Å². The molecule has 1 aromatic carbocycles. The lowest BCUT2D eigenvalue weighted by Gasteiger charge is -2.11. The predicted molar refractivity (Wildman–Crippen MR) is 128 cm³/mol. The van der Waals surface area contributed by atoms with Crippen molar-refractivity contribution < 1.29 is 30.4 Å². The molecule has 0 amide bonds. The van der Waals surface area contributed by atoms with E-state index in [0.717, 1.165) is 23.5 Å². The van der Waals surface area contributed by atoms with E-state index in [4.69, 9.17) is 5.14 Å². The van der Waals surface area contributed by atoms with Gasteiger partial charge in [-0.1, -0.05) is 6.92 Å². The molecule has 4 aromatic rings. The van der Waals surface area contributed by atoms with E-state index in [9.17, 15) is 26.0 Å². The molecule has 3 heterocycles. The van der Waals surface area contributed by atoms with E-state index in [1.54, 1.807) is 6.92 Å². The number of primary sulfonamides is 1. The van der Waals surface area contributed by atoms with Gasteiger partial charge in [-0.25, -0.2) is 35.7 Å². The third-order valence-corrected chi connectivity index (χ3v) is 9.03. The highest BCUT2D eigenvalue weighted by Gasteiger charge is 2.26. The van der Waals surface area contributed by atoms with Crippen molar-refractivity contribution >= 4 is 53.9 Å². The molecule has 0 radical (unpaired) electrons. The minimum Gasteiger partial charge on any atom is -0.345 e. The van der Waals surface area contributed by atoms with Gasteiger partial charge in [-0.3, -0.25) is 9.52 Å². The van der Waals surface area contributed by atoms with E-state index in [-0.39, 0.29) is 33.0 Å². The van der Waals surface area contributed by atoms with Crippen molar-refractivity contribution in [1.29, 1.82) is 0 Å². The van der Waals surface area contributed by atoms with Crippen molar-refractivity contribution in [2.45, 2.75) is 17.6 Å². The summed E-state index contributed by atoms with van der Waals surface area (Å²) in [6.07, 6.45) is 2.95. The van der Waals surface area contributed by atoms with Crippen molar-refractivity contribution in [1.82, 2.24) is 9.97 Å². The van der Waals surface area contributed by atoms with Crippen LogP contribution in [0.1, 0.15) is 29.3 Å². The van der Waals surface area contributed by atoms with Gasteiger partial charge in [0.2, 0.25) is 25.8 Å². The van der Waals surface area contributed by atoms with Gasteiger partial charge in [0.1, 0.15) is 15.7 Å². The van der Waals surface area contributed by atoms with Crippen LogP contribution >= 0.6 is 11.3 Å². The van der Waals surface area contributed by atoms with Gasteiger partial charge in [-0.05, 0) is 36.8 Å². The second-order valence-corrected chi connectivity index (χ2v) is 12.2. The Labute approximate surface area is 203 Å². The lowest BCUT2D eigenvalue weighted by atomic mass is 10.0. The topological polar surface area (TPSA) is 152 Å². The molecule has 0 aliphatic rings. The Morgan fingerprint density at radius 2 is 1.91 bits per heavy atom. The number of benzene rings is 1. The number of nitrogens with zero attached hydrogens (tertiary/aromatic N) is 1. The van der Waals surface area contributed by atoms with Crippen LogP contribution in [0.5, 0.6) is 0 Å². The fourth-order valence-electron chi connectivity index (χ4n) is 3.42. The molecule has 35 heavy (non-hydrogen) atoms. The molecule has 0 atom stereocenters. The first-order valence-electron chi connectivity index (χ1n) is 10.0. The second-order valence-electron chi connectivity index (χ2n) is 7.52. The number of ketones is 1. The molecule has 0 saturated heterocycles. The Morgan fingerprint density at radius 3 is 2.57 bits per heavy atom. The summed E-state index contributed by atoms with van der Waals surface area (Å²) in [5.74, 6) is -3.82. The number of carbonyl (C=O) groups is 1. The van der Waals surface area contributed by atoms with E-state index < -0.39 is 48.7 Å². The fraction of sp³-hybridized carbons (Fsp3) is 0.143. The van der Waals surface area contributed by atoms with Gasteiger partial charge < -0.3 is 4.98 Å². The zero-order chi connectivity index (χ0) is 25.5. The van der Waals surface area contributed by atoms with Gasteiger partial charge in [0.05, 0.1) is 17.0 Å². The zero-order valence-electron chi connectivity index (χ0n) is 18.0. The lowest BCUT2D eigenvalue weighted by molar-refractivity contribution is 0.103. The summed E-state index contributed by atoms with van der Waals surface area (Å²) in [6, 6.07) is 6.09. The van der Waals surface area contributed by atoms with Crippen LogP contribution in [-0.2, 0) is 20.0 Å². The van der Waals surface area contributed by atoms with Crippen LogP contribution in [0.2, 0.25) is 0 Å². The summed E-state index contributed by atoms with van der Waals surface area (Å²) in [5.41, 5.74) is -0.880. The summed E-state index contributed by atoms with van der Waals surface area (Å²) in [5, 5.41) is 5.38. The first kappa shape index (κ1) is 24.9. The van der Waals surface area contributed by atoms with Crippen molar-refractivity contribution in [2.24, 2.45) is 5.14 Å². The Kier molecular flexibility index (Phi) is 6.48.